The molecular weight excluding hydrogens is 747 g/mol. The minimum atomic E-state index is -3.38. The molecule has 5 atom stereocenters. The van der Waals surface area contributed by atoms with E-state index < -0.39 is 19.4 Å². The molecule has 304 valence electrons. The van der Waals surface area contributed by atoms with Crippen molar-refractivity contribution < 1.29 is 33.2 Å². The number of benzene rings is 4. The van der Waals surface area contributed by atoms with Crippen LogP contribution < -0.4 is 34.1 Å². The average molecular weight is 802 g/mol. The van der Waals surface area contributed by atoms with Crippen molar-refractivity contribution in [3.63, 3.8) is 0 Å². The van der Waals surface area contributed by atoms with Gasteiger partial charge in [0.15, 0.2) is 29.8 Å². The first kappa shape index (κ1) is 40.0. The van der Waals surface area contributed by atoms with Crippen LogP contribution in [0.15, 0.2) is 79.4 Å². The SMILES string of the molecule is C=CCOc1c(C)c2c(c3c1CC1[C@H]4c5c(cc(C)c(OC)c5OCOC)C[C@H](C(C#N)N1[C@H]3CCC(C)(C)[Si](O)(c1ccccc1)c1ccccc1)N4C)OCO2. The number of fused-ring (bicyclic) bond motifs is 9. The van der Waals surface area contributed by atoms with Gasteiger partial charge in [-0.2, -0.15) is 5.26 Å². The van der Waals surface area contributed by atoms with E-state index in [1.54, 1.807) is 20.3 Å². The lowest BCUT2D eigenvalue weighted by Gasteiger charge is -2.60. The standard InChI is InChI=1S/C47H55N3O7Si/c1-9-22-54-43-30(3)44-46(57-28-56-44)40-34(43)25-37-41-39-31(23-29(2)42(53-8)45(39)55-27-52-7)24-36(49(41)6)38(26-48)50(37)35(40)20-21-47(4,5)58(51,32-16-12-10-13-17-32)33-18-14-11-15-19-33/h9-19,23,35-38,41,51H,1,20-22,24-25,27-28H2,2-8H3/t35-,36+,37?,38?,41-/m0/s1. The highest BCUT2D eigenvalue weighted by atomic mass is 28.4. The fraction of sp³-hybridized carbons (Fsp3) is 0.426. The Morgan fingerprint density at radius 3 is 2.22 bits per heavy atom. The second-order valence-electron chi connectivity index (χ2n) is 16.7. The molecule has 4 heterocycles. The summed E-state index contributed by atoms with van der Waals surface area (Å²) in [6, 6.07) is 24.2. The van der Waals surface area contributed by atoms with Crippen LogP contribution in [0.5, 0.6) is 28.7 Å². The fourth-order valence-electron chi connectivity index (χ4n) is 10.7. The van der Waals surface area contributed by atoms with Gasteiger partial charge in [0.1, 0.15) is 18.4 Å². The van der Waals surface area contributed by atoms with E-state index in [0.29, 0.717) is 49.5 Å². The molecule has 11 heteroatoms. The largest absolute Gasteiger partial charge is 0.493 e. The third-order valence-corrected chi connectivity index (χ3v) is 17.9. The molecule has 0 amide bonds. The van der Waals surface area contributed by atoms with E-state index in [-0.39, 0.29) is 37.8 Å². The number of hydrogen-bond donors (Lipinski definition) is 1. The van der Waals surface area contributed by atoms with Crippen LogP contribution in [0.25, 0.3) is 0 Å². The molecule has 4 aromatic carbocycles. The van der Waals surface area contributed by atoms with Crippen molar-refractivity contribution in [2.24, 2.45) is 0 Å². The Balaban J connectivity index is 1.33. The number of hydrogen-bond acceptors (Lipinski definition) is 10. The van der Waals surface area contributed by atoms with E-state index in [2.05, 4.69) is 73.7 Å². The van der Waals surface area contributed by atoms with Crippen molar-refractivity contribution in [3.8, 4) is 34.8 Å². The van der Waals surface area contributed by atoms with Gasteiger partial charge in [-0.05, 0) is 73.1 Å². The first-order valence-corrected chi connectivity index (χ1v) is 22.2. The van der Waals surface area contributed by atoms with Crippen LogP contribution in [0.3, 0.4) is 0 Å². The van der Waals surface area contributed by atoms with Crippen molar-refractivity contribution in [1.29, 1.82) is 5.26 Å². The molecule has 8 rings (SSSR count). The monoisotopic (exact) mass is 801 g/mol. The normalized spacial score (nSPS) is 22.3. The van der Waals surface area contributed by atoms with Gasteiger partial charge in [0, 0.05) is 47.5 Å². The minimum absolute atomic E-state index is 0.0691. The van der Waals surface area contributed by atoms with E-state index in [9.17, 15) is 10.1 Å². The molecule has 2 bridgehead atoms. The molecule has 0 spiro atoms. The summed E-state index contributed by atoms with van der Waals surface area (Å²) in [5.41, 5.74) is 6.15. The highest BCUT2D eigenvalue weighted by molar-refractivity contribution is 6.98. The summed E-state index contributed by atoms with van der Waals surface area (Å²) in [5, 5.41) is 12.7. The average Bonchev–Trinajstić information content (AvgIpc) is 3.73. The first-order chi connectivity index (χ1) is 28.0. The van der Waals surface area contributed by atoms with E-state index in [1.165, 1.54) is 0 Å². The zero-order valence-corrected chi connectivity index (χ0v) is 35.7. The zero-order chi connectivity index (χ0) is 40.9. The molecule has 0 saturated carbocycles. The Kier molecular flexibility index (Phi) is 10.8. The molecular formula is C47H55N3O7Si. The van der Waals surface area contributed by atoms with Crippen LogP contribution in [0.2, 0.25) is 5.04 Å². The molecule has 0 radical (unpaired) electrons. The molecule has 1 N–H and O–H groups in total. The predicted octanol–water partition coefficient (Wildman–Crippen LogP) is 6.67. The molecule has 2 unspecified atom stereocenters. The van der Waals surface area contributed by atoms with Gasteiger partial charge in [-0.15, -0.1) is 0 Å². The van der Waals surface area contributed by atoms with Crippen LogP contribution in [0.1, 0.15) is 72.2 Å². The topological polar surface area (TPSA) is 106 Å². The number of piperazine rings is 1. The first-order valence-electron chi connectivity index (χ1n) is 20.2. The Morgan fingerprint density at radius 1 is 0.931 bits per heavy atom. The molecule has 1 saturated heterocycles. The van der Waals surface area contributed by atoms with Crippen molar-refractivity contribution in [3.05, 3.63) is 113 Å². The second-order valence-corrected chi connectivity index (χ2v) is 20.7. The summed E-state index contributed by atoms with van der Waals surface area (Å²) in [6.45, 7) is 13.0. The maximum Gasteiger partial charge on any atom is 0.258 e. The summed E-state index contributed by atoms with van der Waals surface area (Å²) in [4.78, 5) is 18.1. The highest BCUT2D eigenvalue weighted by Gasteiger charge is 2.58. The summed E-state index contributed by atoms with van der Waals surface area (Å²) in [5.74, 6) is 3.55. The van der Waals surface area contributed by atoms with Crippen molar-refractivity contribution in [2.45, 2.75) is 88.6 Å². The predicted molar refractivity (Wildman–Crippen MR) is 226 cm³/mol. The van der Waals surface area contributed by atoms with Crippen molar-refractivity contribution >= 4 is 18.7 Å². The smallest absolute Gasteiger partial charge is 0.258 e. The van der Waals surface area contributed by atoms with Gasteiger partial charge in [-0.3, -0.25) is 9.80 Å². The van der Waals surface area contributed by atoms with E-state index in [0.717, 1.165) is 55.3 Å². The van der Waals surface area contributed by atoms with Gasteiger partial charge < -0.3 is 33.2 Å². The zero-order valence-electron chi connectivity index (χ0n) is 34.7. The maximum atomic E-state index is 13.3. The van der Waals surface area contributed by atoms with Gasteiger partial charge >= 0.3 is 0 Å². The molecule has 10 nitrogen and oxygen atoms in total. The lowest BCUT2D eigenvalue weighted by atomic mass is 9.71. The Hall–Kier alpha value is -4.83. The summed E-state index contributed by atoms with van der Waals surface area (Å²) >= 11 is 0. The number of rotatable bonds is 13. The van der Waals surface area contributed by atoms with Crippen LogP contribution in [-0.2, 0) is 17.6 Å². The summed E-state index contributed by atoms with van der Waals surface area (Å²) < 4.78 is 37.2. The fourth-order valence-corrected chi connectivity index (χ4v) is 14.4. The van der Waals surface area contributed by atoms with Gasteiger partial charge in [0.05, 0.1) is 19.2 Å². The highest BCUT2D eigenvalue weighted by Crippen LogP contribution is 2.60. The number of ether oxygens (including phenoxy) is 6. The van der Waals surface area contributed by atoms with E-state index >= 15 is 0 Å². The van der Waals surface area contributed by atoms with E-state index in [4.69, 9.17) is 28.4 Å². The maximum absolute atomic E-state index is 13.3. The molecule has 1 fully saturated rings. The van der Waals surface area contributed by atoms with Gasteiger partial charge in [-0.1, -0.05) is 93.2 Å². The number of likely N-dealkylation sites (N-methyl/N-ethyl adjacent to an activating group) is 1. The molecule has 58 heavy (non-hydrogen) atoms. The van der Waals surface area contributed by atoms with Gasteiger partial charge in [0.25, 0.3) is 8.32 Å². The van der Waals surface area contributed by atoms with E-state index in [1.807, 2.05) is 50.2 Å². The lowest BCUT2D eigenvalue weighted by molar-refractivity contribution is -0.0761. The Labute approximate surface area is 343 Å². The molecule has 0 aromatic heterocycles. The number of nitriles is 1. The van der Waals surface area contributed by atoms with Gasteiger partial charge in [0.2, 0.25) is 6.79 Å². The number of nitrogens with zero attached hydrogens (tertiary/aromatic N) is 3. The van der Waals surface area contributed by atoms with Crippen LogP contribution in [0.4, 0.5) is 0 Å². The minimum Gasteiger partial charge on any atom is -0.493 e. The Bertz CT molecular complexity index is 2190. The molecule has 0 aliphatic carbocycles. The van der Waals surface area contributed by atoms with Crippen LogP contribution >= 0.6 is 0 Å². The molecule has 4 aliphatic heterocycles. The van der Waals surface area contributed by atoms with Crippen LogP contribution in [-0.4, -0.2) is 82.5 Å². The third-order valence-electron chi connectivity index (χ3n) is 13.3. The van der Waals surface area contributed by atoms with Crippen LogP contribution in [0, 0.1) is 25.2 Å². The summed E-state index contributed by atoms with van der Waals surface area (Å²) in [7, 11) is 2.07. The van der Waals surface area contributed by atoms with Crippen molar-refractivity contribution in [1.82, 2.24) is 9.80 Å². The molecule has 4 aliphatic rings. The Morgan fingerprint density at radius 2 is 1.60 bits per heavy atom. The number of methoxy groups -OCH3 is 2. The lowest BCUT2D eigenvalue weighted by Crippen LogP contribution is -2.68. The summed E-state index contributed by atoms with van der Waals surface area (Å²) in [6.07, 6.45) is 4.32. The second kappa shape index (κ2) is 15.7. The quantitative estimate of drug-likeness (QED) is 0.0896. The number of aryl methyl sites for hydroxylation is 1. The van der Waals surface area contributed by atoms with Crippen molar-refractivity contribution in [2.75, 3.05) is 41.5 Å². The van der Waals surface area contributed by atoms with Gasteiger partial charge in [-0.25, -0.2) is 0 Å². The third kappa shape index (κ3) is 6.20. The molecule has 4 aromatic rings.